The van der Waals surface area contributed by atoms with E-state index in [1.54, 1.807) is 11.8 Å². The van der Waals surface area contributed by atoms with E-state index in [0.717, 1.165) is 0 Å². The van der Waals surface area contributed by atoms with Gasteiger partial charge in [-0.1, -0.05) is 20.3 Å². The number of thioether (sulfide) groups is 1. The summed E-state index contributed by atoms with van der Waals surface area (Å²) in [7, 11) is 0. The van der Waals surface area contributed by atoms with Gasteiger partial charge in [0.1, 0.15) is 0 Å². The van der Waals surface area contributed by atoms with E-state index in [1.807, 2.05) is 6.26 Å². The van der Waals surface area contributed by atoms with Gasteiger partial charge in [0.25, 0.3) is 0 Å². The number of aliphatic hydroxyl groups is 1. The van der Waals surface area contributed by atoms with Gasteiger partial charge in [-0.3, -0.25) is 0 Å². The first-order valence-electron chi connectivity index (χ1n) is 5.46. The minimum atomic E-state index is 0.253. The van der Waals surface area contributed by atoms with E-state index in [0.29, 0.717) is 23.3 Å². The molecule has 0 aromatic heterocycles. The van der Waals surface area contributed by atoms with E-state index in [4.69, 9.17) is 5.11 Å². The van der Waals surface area contributed by atoms with Crippen molar-refractivity contribution in [2.45, 2.75) is 51.4 Å². The monoisotopic (exact) mass is 219 g/mol. The fraction of sp³-hybridized carbons (Fsp3) is 1.00. The van der Waals surface area contributed by atoms with Gasteiger partial charge in [0.15, 0.2) is 0 Å². The molecule has 4 unspecified atom stereocenters. The van der Waals surface area contributed by atoms with Crippen LogP contribution in [-0.4, -0.2) is 35.3 Å². The van der Waals surface area contributed by atoms with Crippen LogP contribution in [0.25, 0.3) is 0 Å². The van der Waals surface area contributed by atoms with E-state index in [1.165, 1.54) is 6.42 Å². The summed E-state index contributed by atoms with van der Waals surface area (Å²) in [5, 5.41) is 13.0. The summed E-state index contributed by atoms with van der Waals surface area (Å²) in [5.74, 6) is 0.693. The highest BCUT2D eigenvalue weighted by Crippen LogP contribution is 2.13. The van der Waals surface area contributed by atoms with E-state index in [2.05, 4.69) is 33.0 Å². The zero-order valence-electron chi connectivity index (χ0n) is 10.1. The second kappa shape index (κ2) is 7.55. The van der Waals surface area contributed by atoms with Crippen molar-refractivity contribution in [2.75, 3.05) is 12.9 Å². The van der Waals surface area contributed by atoms with E-state index < -0.39 is 0 Å². The van der Waals surface area contributed by atoms with Crippen LogP contribution in [0.1, 0.15) is 34.1 Å². The summed E-state index contributed by atoms with van der Waals surface area (Å²) in [4.78, 5) is 0. The lowest BCUT2D eigenvalue weighted by Crippen LogP contribution is -2.44. The number of rotatable bonds is 7. The van der Waals surface area contributed by atoms with E-state index in [-0.39, 0.29) is 6.61 Å². The molecular weight excluding hydrogens is 194 g/mol. The third-order valence-electron chi connectivity index (χ3n) is 3.06. The first-order chi connectivity index (χ1) is 6.56. The van der Waals surface area contributed by atoms with Gasteiger partial charge in [-0.2, -0.15) is 11.8 Å². The molecule has 0 bridgehead atoms. The lowest BCUT2D eigenvalue weighted by Gasteiger charge is -2.28. The summed E-state index contributed by atoms with van der Waals surface area (Å²) >= 11 is 1.73. The number of hydrogen-bond acceptors (Lipinski definition) is 3. The van der Waals surface area contributed by atoms with Gasteiger partial charge >= 0.3 is 0 Å². The molecule has 0 aliphatic heterocycles. The van der Waals surface area contributed by atoms with Crippen molar-refractivity contribution < 1.29 is 5.11 Å². The molecule has 4 atom stereocenters. The van der Waals surface area contributed by atoms with Crippen LogP contribution in [0.2, 0.25) is 0 Å². The maximum atomic E-state index is 9.14. The largest absolute Gasteiger partial charge is 0.395 e. The van der Waals surface area contributed by atoms with Gasteiger partial charge in [-0.05, 0) is 26.0 Å². The molecule has 0 spiro atoms. The fourth-order valence-corrected chi connectivity index (χ4v) is 2.11. The minimum absolute atomic E-state index is 0.253. The van der Waals surface area contributed by atoms with Crippen LogP contribution in [0, 0.1) is 5.92 Å². The SMILES string of the molecule is CCC(C)C(C)NC(C)C(CO)SC. The Morgan fingerprint density at radius 2 is 1.79 bits per heavy atom. The lowest BCUT2D eigenvalue weighted by atomic mass is 10.00. The summed E-state index contributed by atoms with van der Waals surface area (Å²) < 4.78 is 0. The molecule has 0 saturated carbocycles. The maximum absolute atomic E-state index is 9.14. The molecule has 0 heterocycles. The highest BCUT2D eigenvalue weighted by molar-refractivity contribution is 7.99. The molecule has 86 valence electrons. The molecular formula is C11H25NOS. The van der Waals surface area contributed by atoms with Crippen LogP contribution in [0.5, 0.6) is 0 Å². The third-order valence-corrected chi connectivity index (χ3v) is 4.23. The second-order valence-electron chi connectivity index (χ2n) is 4.09. The predicted octanol–water partition coefficient (Wildman–Crippen LogP) is 2.12. The molecule has 0 saturated heterocycles. The molecule has 0 amide bonds. The minimum Gasteiger partial charge on any atom is -0.395 e. The van der Waals surface area contributed by atoms with Crippen LogP contribution in [-0.2, 0) is 0 Å². The molecule has 0 rings (SSSR count). The number of hydrogen-bond donors (Lipinski definition) is 2. The van der Waals surface area contributed by atoms with Crippen molar-refractivity contribution in [1.29, 1.82) is 0 Å². The van der Waals surface area contributed by atoms with Gasteiger partial charge in [0, 0.05) is 17.3 Å². The molecule has 0 radical (unpaired) electrons. The molecule has 14 heavy (non-hydrogen) atoms. The Hall–Kier alpha value is 0.270. The zero-order valence-corrected chi connectivity index (χ0v) is 10.9. The first-order valence-corrected chi connectivity index (χ1v) is 6.75. The molecule has 0 fully saturated rings. The van der Waals surface area contributed by atoms with Crippen molar-refractivity contribution >= 4 is 11.8 Å². The fourth-order valence-electron chi connectivity index (χ4n) is 1.48. The van der Waals surface area contributed by atoms with Crippen molar-refractivity contribution in [3.63, 3.8) is 0 Å². The Bertz CT molecular complexity index is 139. The van der Waals surface area contributed by atoms with Crippen LogP contribution in [0.3, 0.4) is 0 Å². The highest BCUT2D eigenvalue weighted by Gasteiger charge is 2.19. The highest BCUT2D eigenvalue weighted by atomic mass is 32.2. The normalized spacial score (nSPS) is 20.1. The van der Waals surface area contributed by atoms with E-state index in [9.17, 15) is 0 Å². The summed E-state index contributed by atoms with van der Waals surface area (Å²) in [6.45, 7) is 9.10. The predicted molar refractivity (Wildman–Crippen MR) is 65.9 cm³/mol. The van der Waals surface area contributed by atoms with Gasteiger partial charge in [0.05, 0.1) is 6.61 Å². The van der Waals surface area contributed by atoms with Gasteiger partial charge < -0.3 is 10.4 Å². The number of nitrogens with one attached hydrogen (secondary N) is 1. The zero-order chi connectivity index (χ0) is 11.1. The maximum Gasteiger partial charge on any atom is 0.0564 e. The van der Waals surface area contributed by atoms with Crippen LogP contribution in [0.15, 0.2) is 0 Å². The summed E-state index contributed by atoms with van der Waals surface area (Å²) in [6, 6.07) is 0.898. The molecule has 0 aliphatic rings. The van der Waals surface area contributed by atoms with Crippen LogP contribution >= 0.6 is 11.8 Å². The Labute approximate surface area is 92.9 Å². The molecule has 0 aromatic carbocycles. The Morgan fingerprint density at radius 1 is 1.21 bits per heavy atom. The van der Waals surface area contributed by atoms with Crippen molar-refractivity contribution in [3.8, 4) is 0 Å². The standard InChI is InChI=1S/C11H25NOS/c1-6-8(2)9(3)12-10(4)11(7-13)14-5/h8-13H,6-7H2,1-5H3. The third kappa shape index (κ3) is 4.67. The average molecular weight is 219 g/mol. The molecule has 2 nitrogen and oxygen atoms in total. The number of aliphatic hydroxyl groups excluding tert-OH is 1. The average Bonchev–Trinajstić information content (AvgIpc) is 2.18. The Balaban J connectivity index is 3.96. The topological polar surface area (TPSA) is 32.3 Å². The Kier molecular flexibility index (Phi) is 7.69. The van der Waals surface area contributed by atoms with Crippen LogP contribution in [0.4, 0.5) is 0 Å². The molecule has 2 N–H and O–H groups in total. The van der Waals surface area contributed by atoms with Gasteiger partial charge in [-0.25, -0.2) is 0 Å². The molecule has 3 heteroatoms. The first kappa shape index (κ1) is 14.3. The van der Waals surface area contributed by atoms with Crippen molar-refractivity contribution in [3.05, 3.63) is 0 Å². The van der Waals surface area contributed by atoms with Gasteiger partial charge in [-0.15, -0.1) is 0 Å². The van der Waals surface area contributed by atoms with Gasteiger partial charge in [0.2, 0.25) is 0 Å². The quantitative estimate of drug-likeness (QED) is 0.688. The smallest absolute Gasteiger partial charge is 0.0564 e. The van der Waals surface area contributed by atoms with E-state index >= 15 is 0 Å². The molecule has 0 aliphatic carbocycles. The second-order valence-corrected chi connectivity index (χ2v) is 5.16. The summed E-state index contributed by atoms with van der Waals surface area (Å²) in [6.07, 6.45) is 3.25. The van der Waals surface area contributed by atoms with Crippen molar-refractivity contribution in [2.24, 2.45) is 5.92 Å². The Morgan fingerprint density at radius 3 is 2.14 bits per heavy atom. The summed E-state index contributed by atoms with van der Waals surface area (Å²) in [5.41, 5.74) is 0. The van der Waals surface area contributed by atoms with Crippen LogP contribution < -0.4 is 5.32 Å². The molecule has 0 aromatic rings. The lowest BCUT2D eigenvalue weighted by molar-refractivity contribution is 0.262. The van der Waals surface area contributed by atoms with Crippen molar-refractivity contribution in [1.82, 2.24) is 5.32 Å².